The smallest absolute Gasteiger partial charge is 0.323 e. The van der Waals surface area contributed by atoms with Gasteiger partial charge in [0.1, 0.15) is 0 Å². The molecule has 2 aliphatic heterocycles. The van der Waals surface area contributed by atoms with Gasteiger partial charge in [0.2, 0.25) is 5.91 Å². The van der Waals surface area contributed by atoms with Crippen molar-refractivity contribution in [2.75, 3.05) is 26.7 Å². The summed E-state index contributed by atoms with van der Waals surface area (Å²) in [6, 6.07) is 6.00. The molecular weight excluding hydrogens is 478 g/mol. The number of benzene rings is 1. The molecule has 0 aromatic heterocycles. The number of rotatable bonds is 5. The van der Waals surface area contributed by atoms with Crippen LogP contribution in [0, 0.1) is 5.92 Å². The van der Waals surface area contributed by atoms with E-state index in [4.69, 9.17) is 11.6 Å². The van der Waals surface area contributed by atoms with Gasteiger partial charge in [-0.2, -0.15) is 0 Å². The third kappa shape index (κ3) is 5.45. The van der Waals surface area contributed by atoms with E-state index in [1.54, 1.807) is 4.90 Å². The Kier molecular flexibility index (Phi) is 7.60. The van der Waals surface area contributed by atoms with Crippen LogP contribution in [0.2, 0.25) is 5.02 Å². The van der Waals surface area contributed by atoms with Crippen molar-refractivity contribution in [3.63, 3.8) is 0 Å². The number of imide groups is 1. The summed E-state index contributed by atoms with van der Waals surface area (Å²) in [5.74, 6) is 0.667. The van der Waals surface area contributed by atoms with Crippen LogP contribution in [0.25, 0.3) is 0 Å². The zero-order valence-electron chi connectivity index (χ0n) is 18.4. The largest absolute Gasteiger partial charge is 0.327 e. The van der Waals surface area contributed by atoms with Crippen molar-refractivity contribution in [3.8, 4) is 0 Å². The second kappa shape index (κ2) is 10.2. The minimum atomic E-state index is -0.0890. The van der Waals surface area contributed by atoms with Gasteiger partial charge in [-0.3, -0.25) is 9.69 Å². The lowest BCUT2D eigenvalue weighted by atomic mass is 9.89. The lowest BCUT2D eigenvalue weighted by Crippen LogP contribution is -2.61. The van der Waals surface area contributed by atoms with E-state index in [0.717, 1.165) is 74.1 Å². The first kappa shape index (κ1) is 23.1. The van der Waals surface area contributed by atoms with E-state index in [2.05, 4.69) is 26.9 Å². The van der Waals surface area contributed by atoms with E-state index in [-0.39, 0.29) is 24.0 Å². The fourth-order valence-corrected chi connectivity index (χ4v) is 6.04. The van der Waals surface area contributed by atoms with Gasteiger partial charge < -0.3 is 9.80 Å². The number of urea groups is 1. The van der Waals surface area contributed by atoms with E-state index >= 15 is 0 Å². The number of carbonyl (C=O) groups excluding carboxylic acids is 2. The highest BCUT2D eigenvalue weighted by Crippen LogP contribution is 2.30. The molecule has 3 aliphatic rings. The van der Waals surface area contributed by atoms with E-state index in [0.29, 0.717) is 12.3 Å². The number of hydrogen-bond donors (Lipinski definition) is 0. The molecule has 1 unspecified atom stereocenters. The number of nitrogens with zero attached hydrogens (tertiary/aromatic N) is 3. The molecule has 1 aromatic rings. The van der Waals surface area contributed by atoms with Crippen LogP contribution < -0.4 is 0 Å². The second-order valence-electron chi connectivity index (χ2n) is 9.49. The van der Waals surface area contributed by atoms with Crippen LogP contribution >= 0.6 is 27.5 Å². The highest BCUT2D eigenvalue weighted by atomic mass is 79.9. The molecule has 3 fully saturated rings. The molecule has 1 atom stereocenters. The van der Waals surface area contributed by atoms with Crippen LogP contribution in [0.15, 0.2) is 22.7 Å². The third-order valence-electron chi connectivity index (χ3n) is 7.37. The summed E-state index contributed by atoms with van der Waals surface area (Å²) < 4.78 is 1.13. The minimum absolute atomic E-state index is 0.0153. The summed E-state index contributed by atoms with van der Waals surface area (Å²) in [5, 5.41) is 0.785. The Balaban J connectivity index is 1.29. The molecule has 1 aromatic carbocycles. The summed E-state index contributed by atoms with van der Waals surface area (Å²) in [4.78, 5) is 31.7. The lowest BCUT2D eigenvalue weighted by molar-refractivity contribution is -0.135. The predicted octanol–water partition coefficient (Wildman–Crippen LogP) is 5.34. The molecule has 0 bridgehead atoms. The van der Waals surface area contributed by atoms with Gasteiger partial charge in [-0.15, -0.1) is 0 Å². The van der Waals surface area contributed by atoms with Crippen LogP contribution in [0.4, 0.5) is 4.79 Å². The van der Waals surface area contributed by atoms with E-state index < -0.39 is 0 Å². The first-order chi connectivity index (χ1) is 14.9. The van der Waals surface area contributed by atoms with E-state index in [9.17, 15) is 9.59 Å². The highest BCUT2D eigenvalue weighted by molar-refractivity contribution is 9.10. The number of likely N-dealkylation sites (tertiary alicyclic amines) is 1. The zero-order valence-corrected chi connectivity index (χ0v) is 20.7. The standard InChI is InChI=1S/C24H33BrClN3O2/c1-27-21(15-23(30)29(24(27)31)20-5-3-2-4-6-20)16-28-11-9-17(10-12-28)13-18-14-19(26)7-8-22(18)25/h7-8,14,17,20-21H,2-6,9-13,15-16H2,1H3. The molecular formula is C24H33BrClN3O2. The highest BCUT2D eigenvalue weighted by Gasteiger charge is 2.41. The normalized spacial score (nSPS) is 24.8. The maximum absolute atomic E-state index is 13.0. The number of likely N-dealkylation sites (N-methyl/N-ethyl adjacent to an activating group) is 1. The maximum Gasteiger partial charge on any atom is 0.327 e. The fourth-order valence-electron chi connectivity index (χ4n) is 5.44. The fraction of sp³-hybridized carbons (Fsp3) is 0.667. The number of amides is 3. The van der Waals surface area contributed by atoms with Crippen LogP contribution in [-0.4, -0.2) is 65.4 Å². The van der Waals surface area contributed by atoms with E-state index in [1.807, 2.05) is 24.1 Å². The van der Waals surface area contributed by atoms with Crippen molar-refractivity contribution in [1.29, 1.82) is 0 Å². The molecule has 3 amide bonds. The van der Waals surface area contributed by atoms with Gasteiger partial charge in [0.25, 0.3) is 0 Å². The maximum atomic E-state index is 13.0. The van der Waals surface area contributed by atoms with Crippen molar-refractivity contribution in [2.45, 2.75) is 69.9 Å². The van der Waals surface area contributed by atoms with Crippen molar-refractivity contribution in [3.05, 3.63) is 33.3 Å². The SMILES string of the molecule is CN1C(=O)N(C2CCCCC2)C(=O)CC1CN1CCC(Cc2cc(Cl)ccc2Br)CC1. The molecule has 0 radical (unpaired) electrons. The number of piperidine rings is 1. The van der Waals surface area contributed by atoms with Gasteiger partial charge in [0, 0.05) is 35.6 Å². The molecule has 0 spiro atoms. The molecule has 4 rings (SSSR count). The molecule has 7 heteroatoms. The van der Waals surface area contributed by atoms with Gasteiger partial charge in [-0.1, -0.05) is 46.8 Å². The Morgan fingerprint density at radius 2 is 1.77 bits per heavy atom. The number of halogens is 2. The average Bonchev–Trinajstić information content (AvgIpc) is 2.76. The van der Waals surface area contributed by atoms with Crippen molar-refractivity contribution in [1.82, 2.24) is 14.7 Å². The molecule has 1 saturated carbocycles. The molecule has 5 nitrogen and oxygen atoms in total. The van der Waals surface area contributed by atoms with Crippen molar-refractivity contribution in [2.24, 2.45) is 5.92 Å². The van der Waals surface area contributed by atoms with Crippen molar-refractivity contribution < 1.29 is 9.59 Å². The molecule has 0 N–H and O–H groups in total. The van der Waals surface area contributed by atoms with Gasteiger partial charge >= 0.3 is 6.03 Å². The van der Waals surface area contributed by atoms with Crippen LogP contribution in [0.1, 0.15) is 56.9 Å². The molecule has 1 aliphatic carbocycles. The monoisotopic (exact) mass is 509 g/mol. The van der Waals surface area contributed by atoms with Crippen LogP contribution in [-0.2, 0) is 11.2 Å². The summed E-state index contributed by atoms with van der Waals surface area (Å²) in [6.45, 7) is 2.82. The average molecular weight is 511 g/mol. The topological polar surface area (TPSA) is 43.9 Å². The summed E-state index contributed by atoms with van der Waals surface area (Å²) >= 11 is 9.81. The first-order valence-corrected chi connectivity index (χ1v) is 12.8. The Morgan fingerprint density at radius 1 is 1.06 bits per heavy atom. The van der Waals surface area contributed by atoms with Gasteiger partial charge in [0.05, 0.1) is 6.04 Å². The van der Waals surface area contributed by atoms with Gasteiger partial charge in [-0.05, 0) is 74.9 Å². The lowest BCUT2D eigenvalue weighted by Gasteiger charge is -2.44. The van der Waals surface area contributed by atoms with Crippen LogP contribution in [0.5, 0.6) is 0 Å². The zero-order chi connectivity index (χ0) is 22.0. The van der Waals surface area contributed by atoms with Crippen molar-refractivity contribution >= 4 is 39.5 Å². The third-order valence-corrected chi connectivity index (χ3v) is 8.38. The molecule has 31 heavy (non-hydrogen) atoms. The summed E-state index contributed by atoms with van der Waals surface area (Å²) in [6.07, 6.45) is 9.13. The summed E-state index contributed by atoms with van der Waals surface area (Å²) in [7, 11) is 1.87. The summed E-state index contributed by atoms with van der Waals surface area (Å²) in [5.41, 5.74) is 1.27. The molecule has 2 heterocycles. The Bertz CT molecular complexity index is 806. The predicted molar refractivity (Wildman–Crippen MR) is 127 cm³/mol. The van der Waals surface area contributed by atoms with Gasteiger partial charge in [0.15, 0.2) is 0 Å². The molecule has 2 saturated heterocycles. The van der Waals surface area contributed by atoms with E-state index in [1.165, 1.54) is 12.0 Å². The van der Waals surface area contributed by atoms with Gasteiger partial charge in [-0.25, -0.2) is 4.79 Å². The minimum Gasteiger partial charge on any atom is -0.323 e. The van der Waals surface area contributed by atoms with Crippen LogP contribution in [0.3, 0.4) is 0 Å². The molecule has 170 valence electrons. The Labute approximate surface area is 199 Å². The Hall–Kier alpha value is -1.11. The quantitative estimate of drug-likeness (QED) is 0.537. The number of hydrogen-bond acceptors (Lipinski definition) is 3. The Morgan fingerprint density at radius 3 is 2.48 bits per heavy atom. The first-order valence-electron chi connectivity index (χ1n) is 11.7. The number of carbonyl (C=O) groups is 2. The second-order valence-corrected chi connectivity index (χ2v) is 10.8.